The Balaban J connectivity index is 1.83. The molecule has 0 radical (unpaired) electrons. The number of rotatable bonds is 5. The van der Waals surface area contributed by atoms with Crippen LogP contribution in [0.1, 0.15) is 38.2 Å². The lowest BCUT2D eigenvalue weighted by atomic mass is 10.0. The van der Waals surface area contributed by atoms with Gasteiger partial charge in [-0.25, -0.2) is 0 Å². The van der Waals surface area contributed by atoms with Crippen LogP contribution in [0, 0.1) is 0 Å². The van der Waals surface area contributed by atoms with Crippen LogP contribution in [0.15, 0.2) is 24.3 Å². The first-order valence-electron chi connectivity index (χ1n) is 7.34. The number of hydrogen-bond acceptors (Lipinski definition) is 3. The zero-order valence-electron chi connectivity index (χ0n) is 12.5. The van der Waals surface area contributed by atoms with Crippen molar-refractivity contribution in [2.24, 2.45) is 0 Å². The van der Waals surface area contributed by atoms with Crippen LogP contribution in [-0.2, 0) is 9.59 Å². The molecule has 1 aromatic carbocycles. The van der Waals surface area contributed by atoms with Crippen molar-refractivity contribution in [3.8, 4) is 5.75 Å². The third-order valence-electron chi connectivity index (χ3n) is 3.53. The molecule has 1 unspecified atom stereocenters. The van der Waals surface area contributed by atoms with Crippen LogP contribution in [0.4, 0.5) is 0 Å². The largest absolute Gasteiger partial charge is 0.483 e. The second-order valence-electron chi connectivity index (χ2n) is 5.59. The molecular formula is C16H22N2O3. The Morgan fingerprint density at radius 1 is 1.43 bits per heavy atom. The first-order chi connectivity index (χ1) is 10.1. The number of nitrogens with one attached hydrogen (secondary N) is 2. The van der Waals surface area contributed by atoms with Gasteiger partial charge in [0.25, 0.3) is 5.91 Å². The molecule has 2 rings (SSSR count). The Morgan fingerprint density at radius 2 is 2.19 bits per heavy atom. The fraction of sp³-hybridized carbons (Fsp3) is 0.500. The van der Waals surface area contributed by atoms with Crippen molar-refractivity contribution in [2.45, 2.75) is 38.6 Å². The molecule has 1 heterocycles. The second kappa shape index (κ2) is 7.11. The molecule has 2 amide bonds. The topological polar surface area (TPSA) is 67.4 Å². The molecule has 0 aromatic heterocycles. The van der Waals surface area contributed by atoms with E-state index >= 15 is 0 Å². The van der Waals surface area contributed by atoms with Gasteiger partial charge in [-0.15, -0.1) is 0 Å². The standard InChI is InChI=1S/C16H22N2O3/c1-11(2)13-5-3-4-6-14(13)21-10-16(20)18-12-7-8-15(19)17-9-12/h3-6,11-12H,7-10H2,1-2H3,(H,17,19)(H,18,20). The number of ether oxygens (including phenoxy) is 1. The zero-order valence-corrected chi connectivity index (χ0v) is 12.5. The highest BCUT2D eigenvalue weighted by Crippen LogP contribution is 2.25. The van der Waals surface area contributed by atoms with Crippen molar-refractivity contribution in [1.82, 2.24) is 10.6 Å². The minimum absolute atomic E-state index is 0.000794. The van der Waals surface area contributed by atoms with Crippen molar-refractivity contribution in [1.29, 1.82) is 0 Å². The van der Waals surface area contributed by atoms with E-state index in [2.05, 4.69) is 24.5 Å². The lowest BCUT2D eigenvalue weighted by molar-refractivity contribution is -0.126. The Bertz CT molecular complexity index is 504. The molecule has 1 aliphatic rings. The Labute approximate surface area is 125 Å². The molecule has 1 atom stereocenters. The summed E-state index contributed by atoms with van der Waals surface area (Å²) in [7, 11) is 0. The molecule has 5 nitrogen and oxygen atoms in total. The lowest BCUT2D eigenvalue weighted by Crippen LogP contribution is -2.48. The van der Waals surface area contributed by atoms with E-state index in [0.717, 1.165) is 11.3 Å². The van der Waals surface area contributed by atoms with Gasteiger partial charge in [0.2, 0.25) is 5.91 Å². The van der Waals surface area contributed by atoms with Gasteiger partial charge in [-0.05, 0) is 24.0 Å². The highest BCUT2D eigenvalue weighted by atomic mass is 16.5. The predicted octanol–water partition coefficient (Wildman–Crippen LogP) is 1.58. The molecule has 2 N–H and O–H groups in total. The van der Waals surface area contributed by atoms with Crippen LogP contribution >= 0.6 is 0 Å². The molecule has 1 aromatic rings. The minimum Gasteiger partial charge on any atom is -0.483 e. The van der Waals surface area contributed by atoms with E-state index in [9.17, 15) is 9.59 Å². The summed E-state index contributed by atoms with van der Waals surface area (Å²) in [4.78, 5) is 23.0. The number of carbonyl (C=O) groups excluding carboxylic acids is 2. The summed E-state index contributed by atoms with van der Waals surface area (Å²) in [6, 6.07) is 7.75. The van der Waals surface area contributed by atoms with Crippen LogP contribution < -0.4 is 15.4 Å². The van der Waals surface area contributed by atoms with Crippen LogP contribution in [0.2, 0.25) is 0 Å². The molecule has 21 heavy (non-hydrogen) atoms. The molecule has 114 valence electrons. The smallest absolute Gasteiger partial charge is 0.258 e. The average Bonchev–Trinajstić information content (AvgIpc) is 2.48. The molecular weight excluding hydrogens is 268 g/mol. The maximum absolute atomic E-state index is 11.9. The highest BCUT2D eigenvalue weighted by molar-refractivity contribution is 5.79. The number of para-hydroxylation sites is 1. The predicted molar refractivity (Wildman–Crippen MR) is 80.2 cm³/mol. The number of piperidine rings is 1. The van der Waals surface area contributed by atoms with E-state index in [1.54, 1.807) is 0 Å². The third-order valence-corrected chi connectivity index (χ3v) is 3.53. The van der Waals surface area contributed by atoms with Crippen molar-refractivity contribution in [3.05, 3.63) is 29.8 Å². The van der Waals surface area contributed by atoms with Gasteiger partial charge in [0, 0.05) is 19.0 Å². The number of amides is 2. The fourth-order valence-electron chi connectivity index (χ4n) is 2.36. The number of carbonyl (C=O) groups is 2. The second-order valence-corrected chi connectivity index (χ2v) is 5.59. The van der Waals surface area contributed by atoms with Crippen LogP contribution in [0.3, 0.4) is 0 Å². The SMILES string of the molecule is CC(C)c1ccccc1OCC(=O)NC1CCC(=O)NC1. The minimum atomic E-state index is -0.158. The summed E-state index contributed by atoms with van der Waals surface area (Å²) >= 11 is 0. The molecule has 0 aliphatic carbocycles. The normalized spacial score (nSPS) is 18.2. The van der Waals surface area contributed by atoms with Gasteiger partial charge >= 0.3 is 0 Å². The molecule has 0 saturated carbocycles. The van der Waals surface area contributed by atoms with E-state index in [1.807, 2.05) is 24.3 Å². The number of benzene rings is 1. The average molecular weight is 290 g/mol. The summed E-state index contributed by atoms with van der Waals surface area (Å²) in [5, 5.41) is 5.62. The van der Waals surface area contributed by atoms with Crippen LogP contribution in [0.25, 0.3) is 0 Å². The quantitative estimate of drug-likeness (QED) is 0.865. The van der Waals surface area contributed by atoms with E-state index in [1.165, 1.54) is 0 Å². The summed E-state index contributed by atoms with van der Waals surface area (Å²) in [6.45, 7) is 4.67. The molecule has 1 aliphatic heterocycles. The van der Waals surface area contributed by atoms with Gasteiger partial charge in [0.15, 0.2) is 6.61 Å². The highest BCUT2D eigenvalue weighted by Gasteiger charge is 2.19. The van der Waals surface area contributed by atoms with Gasteiger partial charge in [-0.2, -0.15) is 0 Å². The van der Waals surface area contributed by atoms with Gasteiger partial charge in [-0.3, -0.25) is 9.59 Å². The van der Waals surface area contributed by atoms with Crippen molar-refractivity contribution >= 4 is 11.8 Å². The number of hydrogen-bond donors (Lipinski definition) is 2. The van der Waals surface area contributed by atoms with Gasteiger partial charge in [-0.1, -0.05) is 32.0 Å². The molecule has 1 saturated heterocycles. The molecule has 1 fully saturated rings. The summed E-state index contributed by atoms with van der Waals surface area (Å²) in [5.74, 6) is 0.981. The monoisotopic (exact) mass is 290 g/mol. The fourth-order valence-corrected chi connectivity index (χ4v) is 2.36. The molecule has 0 bridgehead atoms. The van der Waals surface area contributed by atoms with Crippen molar-refractivity contribution in [2.75, 3.05) is 13.2 Å². The van der Waals surface area contributed by atoms with Crippen molar-refractivity contribution < 1.29 is 14.3 Å². The first kappa shape index (κ1) is 15.4. The van der Waals surface area contributed by atoms with Gasteiger partial charge in [0.1, 0.15) is 5.75 Å². The van der Waals surface area contributed by atoms with Crippen molar-refractivity contribution in [3.63, 3.8) is 0 Å². The van der Waals surface area contributed by atoms with Gasteiger partial charge < -0.3 is 15.4 Å². The van der Waals surface area contributed by atoms with Gasteiger partial charge in [0.05, 0.1) is 0 Å². The van der Waals surface area contributed by atoms with E-state index in [0.29, 0.717) is 25.3 Å². The van der Waals surface area contributed by atoms with E-state index < -0.39 is 0 Å². The lowest BCUT2D eigenvalue weighted by Gasteiger charge is -2.23. The zero-order chi connectivity index (χ0) is 15.2. The molecule has 0 spiro atoms. The van der Waals surface area contributed by atoms with E-state index in [-0.39, 0.29) is 24.5 Å². The third kappa shape index (κ3) is 4.48. The summed E-state index contributed by atoms with van der Waals surface area (Å²) < 4.78 is 5.62. The summed E-state index contributed by atoms with van der Waals surface area (Å²) in [5.41, 5.74) is 1.09. The maximum atomic E-state index is 11.9. The Morgan fingerprint density at radius 3 is 2.86 bits per heavy atom. The Kier molecular flexibility index (Phi) is 5.20. The summed E-state index contributed by atoms with van der Waals surface area (Å²) in [6.07, 6.45) is 1.14. The first-order valence-corrected chi connectivity index (χ1v) is 7.34. The van der Waals surface area contributed by atoms with Crippen LogP contribution in [0.5, 0.6) is 5.75 Å². The molecule has 5 heteroatoms. The van der Waals surface area contributed by atoms with Crippen LogP contribution in [-0.4, -0.2) is 31.0 Å². The Hall–Kier alpha value is -2.04. The maximum Gasteiger partial charge on any atom is 0.258 e. The van der Waals surface area contributed by atoms with E-state index in [4.69, 9.17) is 4.74 Å².